The molecule has 2 aliphatic carbocycles. The molecule has 1 unspecified atom stereocenters. The standard InChI is InChI=1S/C37H46ClN3O7S/c1-24(42)47-32-10-6-5-7-18-49(45,40-35(44)48-36(2,3)4)39-34(43)26-12-16-33-31(20-26)41(21-27-11-14-29(27)32)22-37(23-46-33)17-8-9-25-19-28(38)13-15-30(25)37/h6,10,12-13,15-16,19-20,27,29,32H,5,7-9,11,14,17-18,21-23H2,1-4H3,(H,39,40,43,44,45)/b10-6+/t27-,29+,32-,37-,49?/m0/s1. The lowest BCUT2D eigenvalue weighted by Gasteiger charge is -2.45. The van der Waals surface area contributed by atoms with Gasteiger partial charge in [-0.3, -0.25) is 9.59 Å². The number of nitrogens with one attached hydrogen (secondary N) is 1. The van der Waals surface area contributed by atoms with E-state index in [2.05, 4.69) is 26.1 Å². The van der Waals surface area contributed by atoms with Crippen molar-refractivity contribution in [2.75, 3.05) is 30.3 Å². The second-order valence-corrected chi connectivity index (χ2v) is 17.3. The normalized spacial score (nSPS) is 29.1. The molecule has 4 aliphatic rings. The Bertz CT molecular complexity index is 1780. The first kappa shape index (κ1) is 35.3. The number of carbonyl (C=O) groups excluding carboxylic acids is 3. The monoisotopic (exact) mass is 711 g/mol. The minimum Gasteiger partial charge on any atom is -0.490 e. The Balaban J connectivity index is 1.43. The first-order chi connectivity index (χ1) is 23.2. The molecule has 6 rings (SSSR count). The van der Waals surface area contributed by atoms with Crippen molar-refractivity contribution in [2.24, 2.45) is 16.2 Å². The SMILES string of the molecule is CC(=O)O[C@H]1/C=C/CCCS(=O)(NC(=O)OC(C)(C)C)=NC(=O)c2ccc3c(c2)N(C[C@@H]2CC[C@H]21)C[C@@]1(CCCc2cc(Cl)ccc21)CO3. The van der Waals surface area contributed by atoms with Gasteiger partial charge >= 0.3 is 12.1 Å². The van der Waals surface area contributed by atoms with E-state index in [1.165, 1.54) is 18.1 Å². The van der Waals surface area contributed by atoms with Crippen LogP contribution in [-0.2, 0) is 36.0 Å². The van der Waals surface area contributed by atoms with Gasteiger partial charge in [-0.15, -0.1) is 4.36 Å². The van der Waals surface area contributed by atoms with Crippen LogP contribution in [-0.4, -0.2) is 59.3 Å². The van der Waals surface area contributed by atoms with E-state index in [0.29, 0.717) is 43.3 Å². The molecule has 10 nitrogen and oxygen atoms in total. The van der Waals surface area contributed by atoms with Crippen molar-refractivity contribution in [3.8, 4) is 5.75 Å². The van der Waals surface area contributed by atoms with Crippen molar-refractivity contribution < 1.29 is 32.8 Å². The zero-order valence-electron chi connectivity index (χ0n) is 28.7. The third-order valence-corrected chi connectivity index (χ3v) is 12.0. The van der Waals surface area contributed by atoms with Crippen LogP contribution >= 0.6 is 11.6 Å². The second kappa shape index (κ2) is 14.0. The molecule has 0 radical (unpaired) electrons. The Hall–Kier alpha value is -3.57. The number of amides is 2. The molecule has 2 aromatic carbocycles. The van der Waals surface area contributed by atoms with Crippen LogP contribution in [0, 0.1) is 11.8 Å². The Morgan fingerprint density at radius 2 is 1.96 bits per heavy atom. The van der Waals surface area contributed by atoms with Crippen LogP contribution in [0.4, 0.5) is 10.5 Å². The molecule has 5 atom stereocenters. The first-order valence-electron chi connectivity index (χ1n) is 17.2. The third-order valence-electron chi connectivity index (χ3n) is 9.93. The topological polar surface area (TPSA) is 124 Å². The number of esters is 1. The zero-order chi connectivity index (χ0) is 35.0. The predicted octanol–water partition coefficient (Wildman–Crippen LogP) is 7.17. The number of carbonyl (C=O) groups is 3. The molecule has 2 heterocycles. The fourth-order valence-electron chi connectivity index (χ4n) is 7.61. The lowest BCUT2D eigenvalue weighted by atomic mass is 9.68. The molecule has 2 amide bonds. The summed E-state index contributed by atoms with van der Waals surface area (Å²) in [6.45, 7) is 8.31. The van der Waals surface area contributed by atoms with E-state index in [1.807, 2.05) is 18.2 Å². The summed E-state index contributed by atoms with van der Waals surface area (Å²) in [5.41, 5.74) is 2.31. The average molecular weight is 712 g/mol. The van der Waals surface area contributed by atoms with Gasteiger partial charge in [-0.05, 0) is 119 Å². The molecule has 1 spiro atoms. The third kappa shape index (κ3) is 8.09. The van der Waals surface area contributed by atoms with Gasteiger partial charge in [0.15, 0.2) is 0 Å². The van der Waals surface area contributed by atoms with Gasteiger partial charge in [0.25, 0.3) is 5.91 Å². The molecule has 12 heteroatoms. The van der Waals surface area contributed by atoms with Crippen LogP contribution in [0.3, 0.4) is 0 Å². The maximum atomic E-state index is 14.1. The van der Waals surface area contributed by atoms with Gasteiger partial charge < -0.3 is 19.1 Å². The summed E-state index contributed by atoms with van der Waals surface area (Å²) in [4.78, 5) is 41.0. The molecule has 49 heavy (non-hydrogen) atoms. The summed E-state index contributed by atoms with van der Waals surface area (Å²) in [7, 11) is -3.55. The summed E-state index contributed by atoms with van der Waals surface area (Å²) in [6.07, 6.45) is 8.15. The number of anilines is 1. The lowest BCUT2D eigenvalue weighted by molar-refractivity contribution is -0.149. The van der Waals surface area contributed by atoms with Crippen LogP contribution in [0.2, 0.25) is 5.02 Å². The summed E-state index contributed by atoms with van der Waals surface area (Å²) >= 11 is 6.43. The number of rotatable bonds is 2. The number of benzene rings is 2. The van der Waals surface area contributed by atoms with Crippen LogP contribution < -0.4 is 14.4 Å². The van der Waals surface area contributed by atoms with E-state index in [-0.39, 0.29) is 34.5 Å². The minimum atomic E-state index is -3.55. The number of hydrogen-bond donors (Lipinski definition) is 1. The van der Waals surface area contributed by atoms with Crippen LogP contribution in [0.25, 0.3) is 0 Å². The molecule has 0 aromatic heterocycles. The molecule has 2 aromatic rings. The predicted molar refractivity (Wildman–Crippen MR) is 189 cm³/mol. The number of ether oxygens (including phenoxy) is 3. The fourth-order valence-corrected chi connectivity index (χ4v) is 9.27. The highest BCUT2D eigenvalue weighted by Gasteiger charge is 2.45. The molecular weight excluding hydrogens is 666 g/mol. The molecule has 2 aliphatic heterocycles. The van der Waals surface area contributed by atoms with Crippen molar-refractivity contribution in [1.82, 2.24) is 4.72 Å². The lowest BCUT2D eigenvalue weighted by Crippen LogP contribution is -2.49. The average Bonchev–Trinajstić information content (AvgIpc) is 3.14. The molecular formula is C37H46ClN3O7S. The maximum absolute atomic E-state index is 14.1. The van der Waals surface area contributed by atoms with E-state index in [4.69, 9.17) is 25.8 Å². The Morgan fingerprint density at radius 1 is 1.14 bits per heavy atom. The van der Waals surface area contributed by atoms with Crippen molar-refractivity contribution >= 4 is 45.2 Å². The van der Waals surface area contributed by atoms with Gasteiger partial charge in [-0.2, -0.15) is 0 Å². The van der Waals surface area contributed by atoms with Crippen molar-refractivity contribution in [3.05, 3.63) is 70.3 Å². The van der Waals surface area contributed by atoms with Crippen LogP contribution in [0.15, 0.2) is 52.9 Å². The van der Waals surface area contributed by atoms with Gasteiger partial charge in [0.05, 0.1) is 18.0 Å². The van der Waals surface area contributed by atoms with Gasteiger partial charge in [0.2, 0.25) is 0 Å². The van der Waals surface area contributed by atoms with E-state index in [1.54, 1.807) is 39.0 Å². The number of allylic oxidation sites excluding steroid dienone is 1. The molecule has 0 saturated heterocycles. The second-order valence-electron chi connectivity index (χ2n) is 14.8. The zero-order valence-corrected chi connectivity index (χ0v) is 30.2. The van der Waals surface area contributed by atoms with Crippen LogP contribution in [0.1, 0.15) is 87.7 Å². The van der Waals surface area contributed by atoms with Gasteiger partial charge in [0.1, 0.15) is 27.4 Å². The molecule has 264 valence electrons. The van der Waals surface area contributed by atoms with Crippen LogP contribution in [0.5, 0.6) is 5.75 Å². The van der Waals surface area contributed by atoms with Crippen molar-refractivity contribution in [2.45, 2.75) is 89.8 Å². The fraction of sp³-hybridized carbons (Fsp3) is 0.541. The highest BCUT2D eigenvalue weighted by Crippen LogP contribution is 2.47. The maximum Gasteiger partial charge on any atom is 0.420 e. The molecule has 1 N–H and O–H groups in total. The van der Waals surface area contributed by atoms with Gasteiger partial charge in [-0.1, -0.05) is 23.7 Å². The van der Waals surface area contributed by atoms with E-state index in [9.17, 15) is 18.6 Å². The largest absolute Gasteiger partial charge is 0.490 e. The van der Waals surface area contributed by atoms with E-state index < -0.39 is 33.6 Å². The number of halogens is 1. The number of aryl methyl sites for hydroxylation is 1. The summed E-state index contributed by atoms with van der Waals surface area (Å²) in [6, 6.07) is 11.3. The van der Waals surface area contributed by atoms with Crippen molar-refractivity contribution in [3.63, 3.8) is 0 Å². The Kier molecular flexibility index (Phi) is 10.1. The summed E-state index contributed by atoms with van der Waals surface area (Å²) < 4.78 is 38.4. The highest BCUT2D eigenvalue weighted by atomic mass is 35.5. The number of nitrogens with zero attached hydrogens (tertiary/aromatic N) is 2. The van der Waals surface area contributed by atoms with E-state index in [0.717, 1.165) is 37.8 Å². The summed E-state index contributed by atoms with van der Waals surface area (Å²) in [5.74, 6) is -0.106. The molecule has 2 bridgehead atoms. The minimum absolute atomic E-state index is 0.0707. The first-order valence-corrected chi connectivity index (χ1v) is 19.2. The van der Waals surface area contributed by atoms with E-state index >= 15 is 0 Å². The summed E-state index contributed by atoms with van der Waals surface area (Å²) in [5, 5.41) is 0.713. The van der Waals surface area contributed by atoms with Gasteiger partial charge in [-0.25, -0.2) is 13.7 Å². The Labute approximate surface area is 294 Å². The number of fused-ring (bicyclic) bond motifs is 4. The Morgan fingerprint density at radius 3 is 2.69 bits per heavy atom. The molecule has 1 saturated carbocycles. The van der Waals surface area contributed by atoms with Gasteiger partial charge in [0, 0.05) is 41.9 Å². The smallest absolute Gasteiger partial charge is 0.420 e. The quantitative estimate of drug-likeness (QED) is 0.257. The number of hydrogen-bond acceptors (Lipinski definition) is 8. The highest BCUT2D eigenvalue weighted by molar-refractivity contribution is 7.92. The molecule has 1 fully saturated rings. The van der Waals surface area contributed by atoms with Crippen molar-refractivity contribution in [1.29, 1.82) is 0 Å².